The molecule has 2 aromatic rings. The molecule has 0 spiro atoms. The summed E-state index contributed by atoms with van der Waals surface area (Å²) in [5.74, 6) is 2.36. The molecule has 3 rings (SSSR count). The normalized spacial score (nSPS) is 13.6. The molecule has 0 aliphatic carbocycles. The van der Waals surface area contributed by atoms with E-state index in [4.69, 9.17) is 9.47 Å². The maximum Gasteiger partial charge on any atom is 0.227 e. The van der Waals surface area contributed by atoms with Crippen molar-refractivity contribution in [3.63, 3.8) is 0 Å². The summed E-state index contributed by atoms with van der Waals surface area (Å²) in [6.45, 7) is 2.43. The molecule has 1 saturated heterocycles. The van der Waals surface area contributed by atoms with E-state index in [2.05, 4.69) is 15.2 Å². The molecule has 132 valence electrons. The second-order valence-corrected chi connectivity index (χ2v) is 5.92. The van der Waals surface area contributed by atoms with Crippen molar-refractivity contribution in [3.8, 4) is 11.5 Å². The van der Waals surface area contributed by atoms with Crippen molar-refractivity contribution >= 4 is 17.4 Å². The van der Waals surface area contributed by atoms with Gasteiger partial charge in [0.2, 0.25) is 5.91 Å². The van der Waals surface area contributed by atoms with E-state index in [-0.39, 0.29) is 12.3 Å². The lowest BCUT2D eigenvalue weighted by Crippen LogP contribution is -2.19. The number of methoxy groups -OCH3 is 1. The van der Waals surface area contributed by atoms with E-state index >= 15 is 0 Å². The molecule has 0 unspecified atom stereocenters. The number of nitrogens with zero attached hydrogens (tertiary/aromatic N) is 2. The van der Waals surface area contributed by atoms with Gasteiger partial charge in [-0.3, -0.25) is 4.79 Å². The average Bonchev–Trinajstić information content (AvgIpc) is 3.18. The van der Waals surface area contributed by atoms with Gasteiger partial charge >= 0.3 is 0 Å². The van der Waals surface area contributed by atoms with Crippen molar-refractivity contribution in [1.82, 2.24) is 4.98 Å². The van der Waals surface area contributed by atoms with Gasteiger partial charge in [-0.2, -0.15) is 0 Å². The zero-order valence-corrected chi connectivity index (χ0v) is 14.4. The Morgan fingerprint density at radius 2 is 1.84 bits per heavy atom. The van der Waals surface area contributed by atoms with Gasteiger partial charge in [0.25, 0.3) is 0 Å². The van der Waals surface area contributed by atoms with Crippen LogP contribution in [0.25, 0.3) is 0 Å². The predicted molar refractivity (Wildman–Crippen MR) is 97.4 cm³/mol. The molecule has 1 aromatic heterocycles. The van der Waals surface area contributed by atoms with E-state index in [9.17, 15) is 4.79 Å². The number of benzene rings is 1. The van der Waals surface area contributed by atoms with Crippen molar-refractivity contribution < 1.29 is 14.3 Å². The fraction of sp³-hybridized carbons (Fsp3) is 0.368. The molecule has 1 fully saturated rings. The number of hydrogen-bond acceptors (Lipinski definition) is 5. The zero-order valence-electron chi connectivity index (χ0n) is 14.4. The summed E-state index contributed by atoms with van der Waals surface area (Å²) < 4.78 is 10.7. The fourth-order valence-corrected chi connectivity index (χ4v) is 2.75. The van der Waals surface area contributed by atoms with Gasteiger partial charge in [0, 0.05) is 13.1 Å². The maximum atomic E-state index is 12.0. The summed E-state index contributed by atoms with van der Waals surface area (Å²) in [4.78, 5) is 18.7. The third kappa shape index (κ3) is 4.86. The molecule has 1 aliphatic rings. The molecule has 2 heterocycles. The van der Waals surface area contributed by atoms with E-state index in [1.165, 1.54) is 12.8 Å². The van der Waals surface area contributed by atoms with Gasteiger partial charge < -0.3 is 19.7 Å². The molecule has 0 radical (unpaired) electrons. The first-order chi connectivity index (χ1) is 12.2. The Labute approximate surface area is 147 Å². The Balaban J connectivity index is 1.42. The van der Waals surface area contributed by atoms with E-state index in [0.29, 0.717) is 18.0 Å². The number of hydrogen-bond donors (Lipinski definition) is 1. The number of rotatable bonds is 7. The summed E-state index contributed by atoms with van der Waals surface area (Å²) in [6.07, 6.45) is 4.42. The van der Waals surface area contributed by atoms with Crippen LogP contribution in [0.1, 0.15) is 19.3 Å². The van der Waals surface area contributed by atoms with Gasteiger partial charge in [-0.1, -0.05) is 0 Å². The lowest BCUT2D eigenvalue weighted by atomic mass is 10.3. The number of carbonyl (C=O) groups is 1. The Morgan fingerprint density at radius 3 is 2.48 bits per heavy atom. The third-order valence-corrected chi connectivity index (χ3v) is 4.12. The topological polar surface area (TPSA) is 63.7 Å². The van der Waals surface area contributed by atoms with Gasteiger partial charge in [0.15, 0.2) is 0 Å². The monoisotopic (exact) mass is 341 g/mol. The fourth-order valence-electron chi connectivity index (χ4n) is 2.75. The highest BCUT2D eigenvalue weighted by atomic mass is 16.5. The molecule has 1 aromatic carbocycles. The Hall–Kier alpha value is -2.76. The standard InChI is InChI=1S/C19H23N3O3/c1-24-16-5-7-17(8-6-16)25-13-10-19(23)21-15-4-9-18(20-14-15)22-11-2-3-12-22/h4-9,14H,2-3,10-13H2,1H3,(H,21,23). The number of aromatic nitrogens is 1. The quantitative estimate of drug-likeness (QED) is 0.838. The molecule has 1 N–H and O–H groups in total. The largest absolute Gasteiger partial charge is 0.497 e. The maximum absolute atomic E-state index is 12.0. The summed E-state index contributed by atoms with van der Waals surface area (Å²) in [6, 6.07) is 11.1. The van der Waals surface area contributed by atoms with Gasteiger partial charge in [-0.15, -0.1) is 0 Å². The van der Waals surface area contributed by atoms with Crippen LogP contribution in [0, 0.1) is 0 Å². The summed E-state index contributed by atoms with van der Waals surface area (Å²) in [5, 5.41) is 2.84. The minimum atomic E-state index is -0.0933. The van der Waals surface area contributed by atoms with E-state index in [1.54, 1.807) is 13.3 Å². The second-order valence-electron chi connectivity index (χ2n) is 5.92. The Bertz CT molecular complexity index is 680. The summed E-state index contributed by atoms with van der Waals surface area (Å²) in [7, 11) is 1.62. The first-order valence-electron chi connectivity index (χ1n) is 8.52. The van der Waals surface area contributed by atoms with Crippen molar-refractivity contribution in [3.05, 3.63) is 42.6 Å². The van der Waals surface area contributed by atoms with Crippen LogP contribution in [0.15, 0.2) is 42.6 Å². The van der Waals surface area contributed by atoms with Crippen LogP contribution in [0.2, 0.25) is 0 Å². The van der Waals surface area contributed by atoms with E-state index in [1.807, 2.05) is 36.4 Å². The van der Waals surface area contributed by atoms with Gasteiger partial charge in [0.1, 0.15) is 17.3 Å². The number of nitrogens with one attached hydrogen (secondary N) is 1. The molecule has 1 aliphatic heterocycles. The number of anilines is 2. The van der Waals surface area contributed by atoms with Crippen molar-refractivity contribution in [2.45, 2.75) is 19.3 Å². The molecular weight excluding hydrogens is 318 g/mol. The SMILES string of the molecule is COc1ccc(OCCC(=O)Nc2ccc(N3CCCC3)nc2)cc1. The minimum absolute atomic E-state index is 0.0933. The number of ether oxygens (including phenoxy) is 2. The Morgan fingerprint density at radius 1 is 1.12 bits per heavy atom. The van der Waals surface area contributed by atoms with Crippen LogP contribution in [-0.4, -0.2) is 37.7 Å². The Kier molecular flexibility index (Phi) is 5.72. The lowest BCUT2D eigenvalue weighted by Gasteiger charge is -2.16. The number of carbonyl (C=O) groups excluding carboxylic acids is 1. The van der Waals surface area contributed by atoms with Gasteiger partial charge in [0.05, 0.1) is 32.0 Å². The summed E-state index contributed by atoms with van der Waals surface area (Å²) >= 11 is 0. The van der Waals surface area contributed by atoms with Gasteiger partial charge in [-0.25, -0.2) is 4.98 Å². The highest BCUT2D eigenvalue weighted by Crippen LogP contribution is 2.19. The van der Waals surface area contributed by atoms with E-state index in [0.717, 1.165) is 24.7 Å². The lowest BCUT2D eigenvalue weighted by molar-refractivity contribution is -0.116. The predicted octanol–water partition coefficient (Wildman–Crippen LogP) is 3.10. The smallest absolute Gasteiger partial charge is 0.227 e. The molecule has 25 heavy (non-hydrogen) atoms. The molecule has 0 saturated carbocycles. The van der Waals surface area contributed by atoms with Crippen LogP contribution in [0.3, 0.4) is 0 Å². The number of amides is 1. The molecule has 0 bridgehead atoms. The molecule has 6 heteroatoms. The van der Waals surface area contributed by atoms with Crippen LogP contribution >= 0.6 is 0 Å². The van der Waals surface area contributed by atoms with Crippen LogP contribution < -0.4 is 19.7 Å². The number of pyridine rings is 1. The van der Waals surface area contributed by atoms with Gasteiger partial charge in [-0.05, 0) is 49.2 Å². The second kappa shape index (κ2) is 8.37. The first-order valence-corrected chi connectivity index (χ1v) is 8.52. The minimum Gasteiger partial charge on any atom is -0.497 e. The molecule has 1 amide bonds. The third-order valence-electron chi connectivity index (χ3n) is 4.12. The highest BCUT2D eigenvalue weighted by molar-refractivity contribution is 5.90. The molecule has 6 nitrogen and oxygen atoms in total. The summed E-state index contributed by atoms with van der Waals surface area (Å²) in [5.41, 5.74) is 0.706. The van der Waals surface area contributed by atoms with Crippen LogP contribution in [-0.2, 0) is 4.79 Å². The average molecular weight is 341 g/mol. The molecule has 0 atom stereocenters. The molecular formula is C19H23N3O3. The zero-order chi connectivity index (χ0) is 17.5. The first kappa shape index (κ1) is 17.1. The van der Waals surface area contributed by atoms with Crippen LogP contribution in [0.4, 0.5) is 11.5 Å². The van der Waals surface area contributed by atoms with Crippen molar-refractivity contribution in [2.24, 2.45) is 0 Å². The van der Waals surface area contributed by atoms with Crippen molar-refractivity contribution in [2.75, 3.05) is 37.0 Å². The highest BCUT2D eigenvalue weighted by Gasteiger charge is 2.13. The van der Waals surface area contributed by atoms with Crippen molar-refractivity contribution in [1.29, 1.82) is 0 Å². The van der Waals surface area contributed by atoms with E-state index < -0.39 is 0 Å². The van der Waals surface area contributed by atoms with Crippen LogP contribution in [0.5, 0.6) is 11.5 Å².